The Kier molecular flexibility index (Phi) is 8.45. The predicted octanol–water partition coefficient (Wildman–Crippen LogP) is 7.13. The van der Waals surface area contributed by atoms with Crippen LogP contribution in [-0.2, 0) is 4.79 Å². The van der Waals surface area contributed by atoms with Crippen LogP contribution in [0.2, 0.25) is 0 Å². The Balaban J connectivity index is 1.65. The van der Waals surface area contributed by atoms with Gasteiger partial charge in [-0.2, -0.15) is 5.10 Å². The number of benzene rings is 3. The molecule has 0 aliphatic carbocycles. The summed E-state index contributed by atoms with van der Waals surface area (Å²) in [4.78, 5) is 32.6. The number of pyridine rings is 1. The normalized spacial score (nSPS) is 15.3. The second kappa shape index (κ2) is 12.0. The van der Waals surface area contributed by atoms with Crippen LogP contribution in [0, 0.1) is 0 Å². The van der Waals surface area contributed by atoms with Crippen LogP contribution in [0.1, 0.15) is 43.9 Å². The van der Waals surface area contributed by atoms with Crippen molar-refractivity contribution >= 4 is 54.4 Å². The number of halogens is 2. The van der Waals surface area contributed by atoms with E-state index in [2.05, 4.69) is 55.6 Å². The van der Waals surface area contributed by atoms with Crippen LogP contribution in [0.15, 0.2) is 91.6 Å². The van der Waals surface area contributed by atoms with Gasteiger partial charge in [0, 0.05) is 44.8 Å². The average molecular weight is 650 g/mol. The van der Waals surface area contributed by atoms with E-state index in [4.69, 9.17) is 5.10 Å². The Labute approximate surface area is 245 Å². The lowest BCUT2D eigenvalue weighted by molar-refractivity contribution is -0.133. The van der Waals surface area contributed by atoms with Crippen LogP contribution in [0.3, 0.4) is 0 Å². The van der Waals surface area contributed by atoms with Crippen molar-refractivity contribution in [2.24, 2.45) is 5.10 Å². The van der Waals surface area contributed by atoms with E-state index in [1.54, 1.807) is 5.01 Å². The van der Waals surface area contributed by atoms with Crippen molar-refractivity contribution in [1.29, 1.82) is 0 Å². The van der Waals surface area contributed by atoms with E-state index in [9.17, 15) is 9.59 Å². The molecule has 0 saturated heterocycles. The number of hydrazone groups is 1. The first kappa shape index (κ1) is 27.5. The van der Waals surface area contributed by atoms with Gasteiger partial charge in [0.05, 0.1) is 17.3 Å². The molecule has 1 amide bonds. The van der Waals surface area contributed by atoms with Gasteiger partial charge in [0.2, 0.25) is 5.91 Å². The van der Waals surface area contributed by atoms with Crippen LogP contribution in [0.4, 0.5) is 0 Å². The SMILES string of the molecule is CCN(CC)CCC(=O)N1N=C(c2c(-c3ccccc3)c3cc(Br)ccc3[nH]c2=O)C[C@@H]1c1ccc(Br)cc1. The molecule has 1 aromatic heterocycles. The smallest absolute Gasteiger partial charge is 0.258 e. The molecule has 1 aliphatic rings. The van der Waals surface area contributed by atoms with Crippen molar-refractivity contribution in [3.8, 4) is 11.1 Å². The number of carbonyl (C=O) groups excluding carboxylic acids is 1. The Hall–Kier alpha value is -3.07. The molecular formula is C31H30Br2N4O2. The zero-order chi connectivity index (χ0) is 27.5. The maximum absolute atomic E-state index is 13.7. The van der Waals surface area contributed by atoms with Gasteiger partial charge in [0.25, 0.3) is 5.56 Å². The number of amides is 1. The van der Waals surface area contributed by atoms with E-state index < -0.39 is 0 Å². The zero-order valence-electron chi connectivity index (χ0n) is 22.0. The number of fused-ring (bicyclic) bond motifs is 1. The van der Waals surface area contributed by atoms with Gasteiger partial charge in [-0.05, 0) is 54.5 Å². The van der Waals surface area contributed by atoms with Gasteiger partial charge in [-0.3, -0.25) is 9.59 Å². The summed E-state index contributed by atoms with van der Waals surface area (Å²) >= 11 is 7.11. The largest absolute Gasteiger partial charge is 0.321 e. The molecule has 39 heavy (non-hydrogen) atoms. The second-order valence-electron chi connectivity index (χ2n) is 9.59. The van der Waals surface area contributed by atoms with Crippen molar-refractivity contribution in [3.63, 3.8) is 0 Å². The molecule has 200 valence electrons. The highest BCUT2D eigenvalue weighted by Crippen LogP contribution is 2.38. The van der Waals surface area contributed by atoms with E-state index in [1.807, 2.05) is 72.8 Å². The number of H-pyrrole nitrogens is 1. The van der Waals surface area contributed by atoms with Crippen LogP contribution in [0.25, 0.3) is 22.0 Å². The Morgan fingerprint density at radius 1 is 0.974 bits per heavy atom. The first-order chi connectivity index (χ1) is 18.9. The maximum atomic E-state index is 13.7. The van der Waals surface area contributed by atoms with Gasteiger partial charge in [-0.1, -0.05) is 88.2 Å². The number of nitrogens with one attached hydrogen (secondary N) is 1. The molecule has 3 aromatic carbocycles. The van der Waals surface area contributed by atoms with Crippen LogP contribution < -0.4 is 5.56 Å². The van der Waals surface area contributed by atoms with Crippen molar-refractivity contribution in [2.75, 3.05) is 19.6 Å². The summed E-state index contributed by atoms with van der Waals surface area (Å²) in [5.74, 6) is -0.0500. The molecule has 1 aliphatic heterocycles. The topological polar surface area (TPSA) is 68.8 Å². The lowest BCUT2D eigenvalue weighted by Crippen LogP contribution is -2.32. The molecule has 5 rings (SSSR count). The van der Waals surface area contributed by atoms with E-state index in [-0.39, 0.29) is 17.5 Å². The highest BCUT2D eigenvalue weighted by atomic mass is 79.9. The first-order valence-electron chi connectivity index (χ1n) is 13.2. The lowest BCUT2D eigenvalue weighted by Gasteiger charge is -2.24. The quantitative estimate of drug-likeness (QED) is 0.221. The molecule has 1 N–H and O–H groups in total. The Morgan fingerprint density at radius 3 is 2.36 bits per heavy atom. The molecular weight excluding hydrogens is 620 g/mol. The second-order valence-corrected chi connectivity index (χ2v) is 11.4. The van der Waals surface area contributed by atoms with Gasteiger partial charge < -0.3 is 9.88 Å². The van der Waals surface area contributed by atoms with Crippen molar-refractivity contribution in [2.45, 2.75) is 32.7 Å². The fourth-order valence-corrected chi connectivity index (χ4v) is 5.81. The summed E-state index contributed by atoms with van der Waals surface area (Å²) in [5, 5.41) is 7.40. The molecule has 1 atom stereocenters. The zero-order valence-corrected chi connectivity index (χ0v) is 25.1. The number of aromatic amines is 1. The van der Waals surface area contributed by atoms with E-state index in [0.717, 1.165) is 49.6 Å². The monoisotopic (exact) mass is 648 g/mol. The summed E-state index contributed by atoms with van der Waals surface area (Å²) in [6.45, 7) is 6.63. The van der Waals surface area contributed by atoms with Gasteiger partial charge in [-0.25, -0.2) is 5.01 Å². The molecule has 0 bridgehead atoms. The molecule has 6 nitrogen and oxygen atoms in total. The fraction of sp³-hybridized carbons (Fsp3) is 0.258. The number of nitrogens with zero attached hydrogens (tertiary/aromatic N) is 3. The molecule has 2 heterocycles. The van der Waals surface area contributed by atoms with Crippen molar-refractivity contribution in [1.82, 2.24) is 14.9 Å². The standard InChI is InChI=1S/C31H30Br2N4O2/c1-3-36(4-2)17-16-28(38)37-27(20-10-12-22(32)13-11-20)19-26(35-37)30-29(21-8-6-5-7-9-21)24-18-23(33)14-15-25(24)34-31(30)39/h5-15,18,27H,3-4,16-17,19H2,1-2H3,(H,34,39)/t27-/m1/s1. The Morgan fingerprint density at radius 2 is 1.67 bits per heavy atom. The van der Waals surface area contributed by atoms with Crippen LogP contribution in [-0.4, -0.2) is 46.1 Å². The number of hydrogen-bond acceptors (Lipinski definition) is 4. The number of aromatic nitrogens is 1. The highest BCUT2D eigenvalue weighted by molar-refractivity contribution is 9.10. The van der Waals surface area contributed by atoms with Crippen LogP contribution >= 0.6 is 31.9 Å². The predicted molar refractivity (Wildman–Crippen MR) is 165 cm³/mol. The summed E-state index contributed by atoms with van der Waals surface area (Å²) in [6.07, 6.45) is 0.805. The molecule has 0 radical (unpaired) electrons. The first-order valence-corrected chi connectivity index (χ1v) is 14.8. The van der Waals surface area contributed by atoms with Gasteiger partial charge in [0.1, 0.15) is 0 Å². The number of carbonyl (C=O) groups is 1. The number of hydrogen-bond donors (Lipinski definition) is 1. The minimum atomic E-state index is -0.293. The van der Waals surface area contributed by atoms with Gasteiger partial charge in [0.15, 0.2) is 0 Å². The third-order valence-electron chi connectivity index (χ3n) is 7.28. The average Bonchev–Trinajstić information content (AvgIpc) is 3.39. The van der Waals surface area contributed by atoms with E-state index in [0.29, 0.717) is 30.7 Å². The summed E-state index contributed by atoms with van der Waals surface area (Å²) in [5.41, 5.74) is 4.39. The Bertz CT molecular complexity index is 1580. The van der Waals surface area contributed by atoms with Crippen molar-refractivity contribution < 1.29 is 4.79 Å². The molecule has 8 heteroatoms. The fourth-order valence-electron chi connectivity index (χ4n) is 5.19. The van der Waals surface area contributed by atoms with Crippen molar-refractivity contribution in [3.05, 3.63) is 103 Å². The molecule has 0 saturated carbocycles. The van der Waals surface area contributed by atoms with E-state index >= 15 is 0 Å². The molecule has 0 spiro atoms. The maximum Gasteiger partial charge on any atom is 0.258 e. The minimum Gasteiger partial charge on any atom is -0.321 e. The van der Waals surface area contributed by atoms with Crippen LogP contribution in [0.5, 0.6) is 0 Å². The highest BCUT2D eigenvalue weighted by Gasteiger charge is 2.35. The molecule has 0 unspecified atom stereocenters. The summed E-state index contributed by atoms with van der Waals surface area (Å²) in [6, 6.07) is 23.4. The molecule has 4 aromatic rings. The minimum absolute atomic E-state index is 0.0500. The third kappa shape index (κ3) is 5.78. The van der Waals surface area contributed by atoms with Gasteiger partial charge in [-0.15, -0.1) is 0 Å². The molecule has 0 fully saturated rings. The third-order valence-corrected chi connectivity index (χ3v) is 8.31. The summed E-state index contributed by atoms with van der Waals surface area (Å²) in [7, 11) is 0. The van der Waals surface area contributed by atoms with E-state index in [1.165, 1.54) is 0 Å². The summed E-state index contributed by atoms with van der Waals surface area (Å²) < 4.78 is 1.88. The lowest BCUT2D eigenvalue weighted by atomic mass is 9.91. The van der Waals surface area contributed by atoms with Gasteiger partial charge >= 0.3 is 0 Å². The number of rotatable bonds is 8.